The number of ether oxygens (including phenoxy) is 2. The Morgan fingerprint density at radius 2 is 1.59 bits per heavy atom. The minimum atomic E-state index is 0.543. The van der Waals surface area contributed by atoms with E-state index in [-0.39, 0.29) is 0 Å². The smallest absolute Gasteiger partial charge is 0.145 e. The van der Waals surface area contributed by atoms with Crippen LogP contribution in [0.15, 0.2) is 30.3 Å². The van der Waals surface area contributed by atoms with E-state index in [1.165, 1.54) is 0 Å². The fourth-order valence-corrected chi connectivity index (χ4v) is 2.32. The first-order valence-corrected chi connectivity index (χ1v) is 8.03. The van der Waals surface area contributed by atoms with Crippen LogP contribution in [0.4, 0.5) is 0 Å². The predicted molar refractivity (Wildman–Crippen MR) is 89.5 cm³/mol. The fourth-order valence-electron chi connectivity index (χ4n) is 2.32. The monoisotopic (exact) mass is 297 g/mol. The molecule has 0 saturated carbocycles. The van der Waals surface area contributed by atoms with Crippen LogP contribution in [0.25, 0.3) is 10.8 Å². The van der Waals surface area contributed by atoms with Crippen molar-refractivity contribution in [2.24, 2.45) is 0 Å². The van der Waals surface area contributed by atoms with Gasteiger partial charge in [0, 0.05) is 16.8 Å². The molecule has 2 aromatic carbocycles. The normalized spacial score (nSPS) is 10.4. The van der Waals surface area contributed by atoms with Gasteiger partial charge in [-0.1, -0.05) is 51.0 Å². The summed E-state index contributed by atoms with van der Waals surface area (Å²) < 4.78 is 11.8. The van der Waals surface area contributed by atoms with Crippen molar-refractivity contribution in [1.29, 1.82) is 5.26 Å². The number of rotatable bonds is 8. The van der Waals surface area contributed by atoms with Gasteiger partial charge in [0.05, 0.1) is 18.8 Å². The Bertz CT molecular complexity index is 658. The Hall–Kier alpha value is -2.21. The molecule has 0 N–H and O–H groups in total. The molecule has 0 heterocycles. The van der Waals surface area contributed by atoms with Crippen LogP contribution in [0.2, 0.25) is 0 Å². The molecule has 0 bridgehead atoms. The van der Waals surface area contributed by atoms with E-state index in [4.69, 9.17) is 9.47 Å². The maximum atomic E-state index is 9.44. The van der Waals surface area contributed by atoms with Gasteiger partial charge in [0.25, 0.3) is 0 Å². The van der Waals surface area contributed by atoms with Gasteiger partial charge in [-0.05, 0) is 12.8 Å². The summed E-state index contributed by atoms with van der Waals surface area (Å²) in [7, 11) is 0. The first-order valence-electron chi connectivity index (χ1n) is 8.03. The van der Waals surface area contributed by atoms with Crippen molar-refractivity contribution in [3.05, 3.63) is 35.9 Å². The molecule has 0 aliphatic heterocycles. The summed E-state index contributed by atoms with van der Waals surface area (Å²) in [5.74, 6) is 1.44. The molecule has 116 valence electrons. The number of hydrogen-bond donors (Lipinski definition) is 0. The standard InChI is InChI=1S/C19H23NO2/c1-3-5-11-21-18-13-15(14-20)19(22-12-6-4-2)17-10-8-7-9-16(17)18/h7-10,13H,3-6,11-12H2,1-2H3. The van der Waals surface area contributed by atoms with Crippen LogP contribution in [-0.4, -0.2) is 13.2 Å². The number of fused-ring (bicyclic) bond motifs is 1. The van der Waals surface area contributed by atoms with Crippen LogP contribution < -0.4 is 9.47 Å². The Balaban J connectivity index is 2.42. The van der Waals surface area contributed by atoms with E-state index in [0.29, 0.717) is 24.5 Å². The highest BCUT2D eigenvalue weighted by molar-refractivity contribution is 5.95. The average Bonchev–Trinajstić information content (AvgIpc) is 2.56. The number of benzene rings is 2. The molecule has 0 atom stereocenters. The second-order valence-electron chi connectivity index (χ2n) is 5.31. The lowest BCUT2D eigenvalue weighted by atomic mass is 10.0. The Labute approximate surface area is 132 Å². The molecule has 0 unspecified atom stereocenters. The molecule has 0 spiro atoms. The van der Waals surface area contributed by atoms with E-state index in [9.17, 15) is 5.26 Å². The van der Waals surface area contributed by atoms with Crippen molar-refractivity contribution >= 4 is 10.8 Å². The second-order valence-corrected chi connectivity index (χ2v) is 5.31. The summed E-state index contributed by atoms with van der Waals surface area (Å²) in [6, 6.07) is 12.0. The predicted octanol–water partition coefficient (Wildman–Crippen LogP) is 5.07. The molecule has 3 nitrogen and oxygen atoms in total. The van der Waals surface area contributed by atoms with Crippen molar-refractivity contribution in [3.63, 3.8) is 0 Å². The van der Waals surface area contributed by atoms with Gasteiger partial charge in [0.1, 0.15) is 17.6 Å². The maximum Gasteiger partial charge on any atom is 0.145 e. The number of nitriles is 1. The Kier molecular flexibility index (Phi) is 6.09. The zero-order valence-corrected chi connectivity index (χ0v) is 13.4. The highest BCUT2D eigenvalue weighted by Crippen LogP contribution is 2.36. The summed E-state index contributed by atoms with van der Waals surface area (Å²) in [5, 5.41) is 11.4. The third-order valence-corrected chi connectivity index (χ3v) is 3.58. The molecule has 0 radical (unpaired) electrons. The van der Waals surface area contributed by atoms with Gasteiger partial charge in [-0.15, -0.1) is 0 Å². The molecule has 3 heteroatoms. The third kappa shape index (κ3) is 3.71. The van der Waals surface area contributed by atoms with Crippen LogP contribution in [-0.2, 0) is 0 Å². The van der Waals surface area contributed by atoms with Crippen molar-refractivity contribution in [2.75, 3.05) is 13.2 Å². The van der Waals surface area contributed by atoms with Crippen molar-refractivity contribution in [2.45, 2.75) is 39.5 Å². The fraction of sp³-hybridized carbons (Fsp3) is 0.421. The summed E-state index contributed by atoms with van der Waals surface area (Å²) in [5.41, 5.74) is 0.543. The Morgan fingerprint density at radius 3 is 2.23 bits per heavy atom. The molecule has 2 rings (SSSR count). The summed E-state index contributed by atoms with van der Waals surface area (Å²) >= 11 is 0. The van der Waals surface area contributed by atoms with Gasteiger partial charge in [0.2, 0.25) is 0 Å². The molecule has 22 heavy (non-hydrogen) atoms. The highest BCUT2D eigenvalue weighted by Gasteiger charge is 2.14. The minimum absolute atomic E-state index is 0.543. The molecule has 0 aromatic heterocycles. The lowest BCUT2D eigenvalue weighted by Crippen LogP contribution is -2.02. The summed E-state index contributed by atoms with van der Waals surface area (Å²) in [6.45, 7) is 5.55. The van der Waals surface area contributed by atoms with E-state index in [1.807, 2.05) is 24.3 Å². The SMILES string of the molecule is CCCCOc1cc(C#N)c(OCCCC)c2ccccc12. The third-order valence-electron chi connectivity index (χ3n) is 3.58. The van der Waals surface area contributed by atoms with Crippen molar-refractivity contribution < 1.29 is 9.47 Å². The largest absolute Gasteiger partial charge is 0.493 e. The second kappa shape index (κ2) is 8.29. The number of hydrogen-bond acceptors (Lipinski definition) is 3. The van der Waals surface area contributed by atoms with Crippen LogP contribution >= 0.6 is 0 Å². The zero-order chi connectivity index (χ0) is 15.8. The van der Waals surface area contributed by atoms with E-state index in [2.05, 4.69) is 19.9 Å². The van der Waals surface area contributed by atoms with E-state index >= 15 is 0 Å². The molecular weight excluding hydrogens is 274 g/mol. The highest BCUT2D eigenvalue weighted by atomic mass is 16.5. The van der Waals surface area contributed by atoms with Gasteiger partial charge in [-0.2, -0.15) is 5.26 Å². The average molecular weight is 297 g/mol. The molecule has 0 saturated heterocycles. The molecule has 0 fully saturated rings. The van der Waals surface area contributed by atoms with Crippen LogP contribution in [0.3, 0.4) is 0 Å². The van der Waals surface area contributed by atoms with Gasteiger partial charge in [-0.3, -0.25) is 0 Å². The quantitative estimate of drug-likeness (QED) is 0.639. The summed E-state index contributed by atoms with van der Waals surface area (Å²) in [4.78, 5) is 0. The van der Waals surface area contributed by atoms with Gasteiger partial charge in [-0.25, -0.2) is 0 Å². The molecule has 0 aliphatic rings. The van der Waals surface area contributed by atoms with Gasteiger partial charge >= 0.3 is 0 Å². The summed E-state index contributed by atoms with van der Waals surface area (Å²) in [6.07, 6.45) is 4.14. The van der Waals surface area contributed by atoms with E-state index < -0.39 is 0 Å². The molecule has 0 aliphatic carbocycles. The van der Waals surface area contributed by atoms with E-state index in [1.54, 1.807) is 6.07 Å². The van der Waals surface area contributed by atoms with Crippen LogP contribution in [0.1, 0.15) is 45.1 Å². The topological polar surface area (TPSA) is 42.2 Å². The van der Waals surface area contributed by atoms with Gasteiger partial charge in [0.15, 0.2) is 0 Å². The van der Waals surface area contributed by atoms with Crippen LogP contribution in [0, 0.1) is 11.3 Å². The number of unbranched alkanes of at least 4 members (excludes halogenated alkanes) is 2. The van der Waals surface area contributed by atoms with Crippen molar-refractivity contribution in [1.82, 2.24) is 0 Å². The molecule has 2 aromatic rings. The van der Waals surface area contributed by atoms with Crippen LogP contribution in [0.5, 0.6) is 11.5 Å². The zero-order valence-electron chi connectivity index (χ0n) is 13.4. The lowest BCUT2D eigenvalue weighted by molar-refractivity contribution is 0.305. The number of nitrogens with zero attached hydrogens (tertiary/aromatic N) is 1. The molecular formula is C19H23NO2. The Morgan fingerprint density at radius 1 is 0.955 bits per heavy atom. The first-order chi connectivity index (χ1) is 10.8. The molecule has 0 amide bonds. The van der Waals surface area contributed by atoms with Crippen molar-refractivity contribution in [3.8, 4) is 17.6 Å². The van der Waals surface area contributed by atoms with Gasteiger partial charge < -0.3 is 9.47 Å². The lowest BCUT2D eigenvalue weighted by Gasteiger charge is -2.15. The minimum Gasteiger partial charge on any atom is -0.493 e. The van der Waals surface area contributed by atoms with E-state index in [0.717, 1.165) is 42.2 Å². The maximum absolute atomic E-state index is 9.44. The first kappa shape index (κ1) is 16.2.